The van der Waals surface area contributed by atoms with Gasteiger partial charge in [0.15, 0.2) is 0 Å². The highest BCUT2D eigenvalue weighted by Crippen LogP contribution is 2.26. The number of nitrogens with two attached hydrogens (primary N) is 1. The van der Waals surface area contributed by atoms with E-state index in [1.165, 1.54) is 0 Å². The molecule has 0 aliphatic rings. The first-order valence-electron chi connectivity index (χ1n) is 6.38. The fourth-order valence-electron chi connectivity index (χ4n) is 2.09. The standard InChI is InChI=1S/C15H15N3O2/c16-11-5-6-12-13(9-11)18-15(17-12)20-14-4-2-1-3-10(14)7-8-19/h1-6,9,19H,7-8,16H2,(H,17,18). The lowest BCUT2D eigenvalue weighted by molar-refractivity contribution is 0.297. The van der Waals surface area contributed by atoms with E-state index in [-0.39, 0.29) is 6.61 Å². The Hall–Kier alpha value is -2.53. The Kier molecular flexibility index (Phi) is 3.26. The van der Waals surface area contributed by atoms with Crippen LogP contribution in [0.1, 0.15) is 5.56 Å². The minimum atomic E-state index is 0.0804. The zero-order chi connectivity index (χ0) is 13.9. The van der Waals surface area contributed by atoms with Gasteiger partial charge in [0.1, 0.15) is 5.75 Å². The van der Waals surface area contributed by atoms with E-state index in [2.05, 4.69) is 9.97 Å². The molecular formula is C15H15N3O2. The number of benzene rings is 2. The number of hydrogen-bond acceptors (Lipinski definition) is 4. The number of imidazole rings is 1. The van der Waals surface area contributed by atoms with Gasteiger partial charge in [-0.1, -0.05) is 18.2 Å². The van der Waals surface area contributed by atoms with Crippen molar-refractivity contribution in [3.05, 3.63) is 48.0 Å². The molecule has 0 aliphatic heterocycles. The van der Waals surface area contributed by atoms with Gasteiger partial charge in [-0.2, -0.15) is 4.98 Å². The molecule has 2 aromatic carbocycles. The van der Waals surface area contributed by atoms with Crippen molar-refractivity contribution in [1.82, 2.24) is 9.97 Å². The van der Waals surface area contributed by atoms with Crippen molar-refractivity contribution in [2.45, 2.75) is 6.42 Å². The van der Waals surface area contributed by atoms with Crippen LogP contribution in [0.3, 0.4) is 0 Å². The molecule has 0 aliphatic carbocycles. The van der Waals surface area contributed by atoms with Crippen molar-refractivity contribution in [3.63, 3.8) is 0 Å². The Balaban J connectivity index is 1.93. The van der Waals surface area contributed by atoms with Crippen LogP contribution in [0.25, 0.3) is 11.0 Å². The van der Waals surface area contributed by atoms with E-state index in [1.807, 2.05) is 36.4 Å². The maximum absolute atomic E-state index is 9.06. The highest BCUT2D eigenvalue weighted by Gasteiger charge is 2.08. The second-order valence-electron chi connectivity index (χ2n) is 4.50. The minimum Gasteiger partial charge on any atom is -0.425 e. The molecule has 5 nitrogen and oxygen atoms in total. The molecule has 1 heterocycles. The van der Waals surface area contributed by atoms with Crippen molar-refractivity contribution < 1.29 is 9.84 Å². The summed E-state index contributed by atoms with van der Waals surface area (Å²) >= 11 is 0. The van der Waals surface area contributed by atoms with Gasteiger partial charge in [-0.3, -0.25) is 0 Å². The predicted molar refractivity (Wildman–Crippen MR) is 77.8 cm³/mol. The SMILES string of the molecule is Nc1ccc2nc(Oc3ccccc3CCO)[nH]c2c1. The summed E-state index contributed by atoms with van der Waals surface area (Å²) in [5.41, 5.74) is 8.98. The average molecular weight is 269 g/mol. The highest BCUT2D eigenvalue weighted by atomic mass is 16.5. The van der Waals surface area contributed by atoms with Crippen LogP contribution in [0, 0.1) is 0 Å². The summed E-state index contributed by atoms with van der Waals surface area (Å²) in [6.07, 6.45) is 0.545. The number of ether oxygens (including phenoxy) is 1. The van der Waals surface area contributed by atoms with Crippen LogP contribution in [0.2, 0.25) is 0 Å². The number of para-hydroxylation sites is 1. The van der Waals surface area contributed by atoms with Gasteiger partial charge < -0.3 is 20.6 Å². The van der Waals surface area contributed by atoms with Gasteiger partial charge in [-0.25, -0.2) is 0 Å². The van der Waals surface area contributed by atoms with Gasteiger partial charge >= 0.3 is 0 Å². The molecule has 0 spiro atoms. The minimum absolute atomic E-state index is 0.0804. The largest absolute Gasteiger partial charge is 0.425 e. The number of nitrogens with one attached hydrogen (secondary N) is 1. The predicted octanol–water partition coefficient (Wildman–Crippen LogP) is 2.47. The van der Waals surface area contributed by atoms with E-state index in [1.54, 1.807) is 6.07 Å². The summed E-state index contributed by atoms with van der Waals surface area (Å²) < 4.78 is 5.77. The molecular weight excluding hydrogens is 254 g/mol. The third-order valence-electron chi connectivity index (χ3n) is 3.04. The molecule has 0 fully saturated rings. The van der Waals surface area contributed by atoms with Gasteiger partial charge in [0.25, 0.3) is 6.01 Å². The topological polar surface area (TPSA) is 84.2 Å². The third-order valence-corrected chi connectivity index (χ3v) is 3.04. The molecule has 4 N–H and O–H groups in total. The Morgan fingerprint density at radius 1 is 1.20 bits per heavy atom. The lowest BCUT2D eigenvalue weighted by Gasteiger charge is -2.07. The Bertz CT molecular complexity index is 737. The van der Waals surface area contributed by atoms with Crippen molar-refractivity contribution in [3.8, 4) is 11.8 Å². The van der Waals surface area contributed by atoms with Crippen LogP contribution in [0.4, 0.5) is 5.69 Å². The van der Waals surface area contributed by atoms with E-state index >= 15 is 0 Å². The third kappa shape index (κ3) is 2.44. The lowest BCUT2D eigenvalue weighted by Crippen LogP contribution is -1.95. The van der Waals surface area contributed by atoms with Gasteiger partial charge in [0, 0.05) is 12.3 Å². The molecule has 5 heteroatoms. The fourth-order valence-corrected chi connectivity index (χ4v) is 2.09. The summed E-state index contributed by atoms with van der Waals surface area (Å²) in [5.74, 6) is 0.688. The first kappa shape index (κ1) is 12.5. The number of nitrogen functional groups attached to an aromatic ring is 1. The molecule has 3 rings (SSSR count). The van der Waals surface area contributed by atoms with Crippen LogP contribution in [-0.4, -0.2) is 21.7 Å². The molecule has 0 saturated carbocycles. The summed E-state index contributed by atoms with van der Waals surface area (Å²) in [7, 11) is 0. The van der Waals surface area contributed by atoms with E-state index in [0.29, 0.717) is 23.9 Å². The van der Waals surface area contributed by atoms with E-state index in [0.717, 1.165) is 16.6 Å². The molecule has 0 radical (unpaired) electrons. The number of rotatable bonds is 4. The molecule has 0 bridgehead atoms. The first-order chi connectivity index (χ1) is 9.76. The average Bonchev–Trinajstić information content (AvgIpc) is 2.82. The number of nitrogens with zero attached hydrogens (tertiary/aromatic N) is 1. The summed E-state index contributed by atoms with van der Waals surface area (Å²) in [5, 5.41) is 9.06. The Morgan fingerprint density at radius 3 is 2.90 bits per heavy atom. The Morgan fingerprint density at radius 2 is 2.05 bits per heavy atom. The summed E-state index contributed by atoms with van der Waals surface area (Å²) in [4.78, 5) is 7.43. The van der Waals surface area contributed by atoms with E-state index < -0.39 is 0 Å². The van der Waals surface area contributed by atoms with Crippen LogP contribution < -0.4 is 10.5 Å². The maximum atomic E-state index is 9.06. The summed E-state index contributed by atoms with van der Waals surface area (Å²) in [6, 6.07) is 13.4. The molecule has 102 valence electrons. The van der Waals surface area contributed by atoms with Gasteiger partial charge in [-0.15, -0.1) is 0 Å². The van der Waals surface area contributed by atoms with E-state index in [9.17, 15) is 0 Å². The van der Waals surface area contributed by atoms with Crippen molar-refractivity contribution in [2.24, 2.45) is 0 Å². The second-order valence-corrected chi connectivity index (χ2v) is 4.50. The quantitative estimate of drug-likeness (QED) is 0.635. The summed E-state index contributed by atoms with van der Waals surface area (Å²) in [6.45, 7) is 0.0804. The number of H-pyrrole nitrogens is 1. The van der Waals surface area contributed by atoms with Crippen LogP contribution >= 0.6 is 0 Å². The molecule has 0 saturated heterocycles. The van der Waals surface area contributed by atoms with Crippen LogP contribution in [0.15, 0.2) is 42.5 Å². The number of anilines is 1. The number of hydrogen-bond donors (Lipinski definition) is 3. The molecule has 1 aromatic heterocycles. The normalized spacial score (nSPS) is 10.8. The molecule has 0 amide bonds. The monoisotopic (exact) mass is 269 g/mol. The molecule has 0 unspecified atom stereocenters. The fraction of sp³-hybridized carbons (Fsp3) is 0.133. The number of aliphatic hydroxyl groups is 1. The van der Waals surface area contributed by atoms with Crippen LogP contribution in [-0.2, 0) is 6.42 Å². The van der Waals surface area contributed by atoms with Gasteiger partial charge in [0.05, 0.1) is 11.0 Å². The smallest absolute Gasteiger partial charge is 0.300 e. The number of fused-ring (bicyclic) bond motifs is 1. The molecule has 0 atom stereocenters. The van der Waals surface area contributed by atoms with E-state index in [4.69, 9.17) is 15.6 Å². The Labute approximate surface area is 116 Å². The van der Waals surface area contributed by atoms with Crippen molar-refractivity contribution in [2.75, 3.05) is 12.3 Å². The molecule has 3 aromatic rings. The zero-order valence-electron chi connectivity index (χ0n) is 10.8. The second kappa shape index (κ2) is 5.22. The van der Waals surface area contributed by atoms with Crippen molar-refractivity contribution >= 4 is 16.7 Å². The number of aromatic nitrogens is 2. The lowest BCUT2D eigenvalue weighted by atomic mass is 10.1. The van der Waals surface area contributed by atoms with Gasteiger partial charge in [-0.05, 0) is 36.2 Å². The van der Waals surface area contributed by atoms with Crippen LogP contribution in [0.5, 0.6) is 11.8 Å². The zero-order valence-corrected chi connectivity index (χ0v) is 10.8. The highest BCUT2D eigenvalue weighted by molar-refractivity contribution is 5.79. The first-order valence-corrected chi connectivity index (χ1v) is 6.38. The van der Waals surface area contributed by atoms with Gasteiger partial charge in [0.2, 0.25) is 0 Å². The number of aromatic amines is 1. The maximum Gasteiger partial charge on any atom is 0.300 e. The number of aliphatic hydroxyl groups excluding tert-OH is 1. The van der Waals surface area contributed by atoms with Crippen molar-refractivity contribution in [1.29, 1.82) is 0 Å². The molecule has 20 heavy (non-hydrogen) atoms.